The number of hydrogen-bond acceptors (Lipinski definition) is 6. The van der Waals surface area contributed by atoms with Gasteiger partial charge >= 0.3 is 0 Å². The van der Waals surface area contributed by atoms with Gasteiger partial charge in [0, 0.05) is 55.6 Å². The quantitative estimate of drug-likeness (QED) is 0.485. The van der Waals surface area contributed by atoms with Crippen LogP contribution in [0.1, 0.15) is 5.56 Å². The normalized spacial score (nSPS) is 15.0. The maximum absolute atomic E-state index is 12.7. The number of rotatable bonds is 6. The first kappa shape index (κ1) is 20.7. The van der Waals surface area contributed by atoms with Gasteiger partial charge in [-0.3, -0.25) is 20.3 Å². The zero-order valence-electron chi connectivity index (χ0n) is 17.3. The zero-order valence-corrected chi connectivity index (χ0v) is 17.3. The molecule has 0 spiro atoms. The Morgan fingerprint density at radius 3 is 2.39 bits per heavy atom. The maximum Gasteiger partial charge on any atom is 0.269 e. The van der Waals surface area contributed by atoms with E-state index in [9.17, 15) is 14.9 Å². The lowest BCUT2D eigenvalue weighted by atomic mass is 10.1. The predicted octanol–water partition coefficient (Wildman–Crippen LogP) is 2.27. The highest BCUT2D eigenvalue weighted by Gasteiger charge is 2.19. The largest absolute Gasteiger partial charge is 0.304 e. The molecule has 31 heavy (non-hydrogen) atoms. The second-order valence-corrected chi connectivity index (χ2v) is 7.59. The minimum absolute atomic E-state index is 0.0144. The van der Waals surface area contributed by atoms with Crippen molar-refractivity contribution >= 4 is 11.6 Å². The van der Waals surface area contributed by atoms with Crippen molar-refractivity contribution in [2.24, 2.45) is 0 Å². The Hall–Kier alpha value is -3.56. The summed E-state index contributed by atoms with van der Waals surface area (Å²) in [6, 6.07) is 15.9. The van der Waals surface area contributed by atoms with Crippen LogP contribution in [-0.2, 0) is 11.2 Å². The molecular formula is C22H24N6O3. The number of aromatic nitrogens is 2. The van der Waals surface area contributed by atoms with E-state index in [1.54, 1.807) is 16.8 Å². The van der Waals surface area contributed by atoms with Gasteiger partial charge in [-0.15, -0.1) is 0 Å². The van der Waals surface area contributed by atoms with Crippen molar-refractivity contribution in [1.82, 2.24) is 25.1 Å². The molecule has 1 saturated heterocycles. The number of benzene rings is 2. The number of para-hydroxylation sites is 1. The summed E-state index contributed by atoms with van der Waals surface area (Å²) in [6.45, 7) is 3.36. The number of nitrogens with one attached hydrogen (secondary N) is 1. The number of piperazine rings is 1. The van der Waals surface area contributed by atoms with Crippen molar-refractivity contribution in [3.05, 3.63) is 76.5 Å². The Balaban J connectivity index is 1.59. The highest BCUT2D eigenvalue weighted by molar-refractivity contribution is 5.81. The second kappa shape index (κ2) is 9.07. The SMILES string of the molecule is CN1CCN(NC(=O)Cc2cn(-c3ccccc3)nc2-c2ccc([N+](=O)[O-])cc2)CC1. The zero-order chi connectivity index (χ0) is 21.8. The summed E-state index contributed by atoms with van der Waals surface area (Å²) < 4.78 is 1.73. The number of carbonyl (C=O) groups is 1. The van der Waals surface area contributed by atoms with Crippen LogP contribution in [0.4, 0.5) is 5.69 Å². The molecule has 1 N–H and O–H groups in total. The molecule has 160 valence electrons. The van der Waals surface area contributed by atoms with E-state index in [0.717, 1.165) is 43.0 Å². The monoisotopic (exact) mass is 420 g/mol. The molecule has 1 aliphatic rings. The topological polar surface area (TPSA) is 96.5 Å². The van der Waals surface area contributed by atoms with E-state index in [-0.39, 0.29) is 18.0 Å². The molecule has 1 fully saturated rings. The van der Waals surface area contributed by atoms with E-state index in [2.05, 4.69) is 22.5 Å². The number of likely N-dealkylation sites (N-methyl/N-ethyl adjacent to an activating group) is 1. The van der Waals surface area contributed by atoms with Gasteiger partial charge in [-0.2, -0.15) is 5.10 Å². The standard InChI is InChI=1S/C22H24N6O3/c1-25-11-13-26(14-12-25)23-21(29)15-18-16-27(19-5-3-2-4-6-19)24-22(18)17-7-9-20(10-8-17)28(30)31/h2-10,16H,11-15H2,1H3,(H,23,29). The van der Waals surface area contributed by atoms with Crippen LogP contribution in [0.3, 0.4) is 0 Å². The molecule has 1 amide bonds. The Morgan fingerprint density at radius 1 is 1.06 bits per heavy atom. The minimum Gasteiger partial charge on any atom is -0.304 e. The number of non-ortho nitro benzene ring substituents is 1. The molecule has 4 rings (SSSR count). The summed E-state index contributed by atoms with van der Waals surface area (Å²) in [7, 11) is 2.06. The molecule has 2 heterocycles. The lowest BCUT2D eigenvalue weighted by Crippen LogP contribution is -2.52. The van der Waals surface area contributed by atoms with Crippen LogP contribution in [0.2, 0.25) is 0 Å². The summed E-state index contributed by atoms with van der Waals surface area (Å²) >= 11 is 0. The van der Waals surface area contributed by atoms with E-state index in [1.807, 2.05) is 41.5 Å². The number of hydrazine groups is 1. The summed E-state index contributed by atoms with van der Waals surface area (Å²) in [5.74, 6) is -0.111. The second-order valence-electron chi connectivity index (χ2n) is 7.59. The molecule has 9 heteroatoms. The van der Waals surface area contributed by atoms with Crippen LogP contribution in [0.25, 0.3) is 16.9 Å². The smallest absolute Gasteiger partial charge is 0.269 e. The summed E-state index contributed by atoms with van der Waals surface area (Å²) in [4.78, 5) is 25.5. The lowest BCUT2D eigenvalue weighted by Gasteiger charge is -2.32. The van der Waals surface area contributed by atoms with Gasteiger partial charge in [-0.05, 0) is 31.3 Å². The van der Waals surface area contributed by atoms with Crippen molar-refractivity contribution in [3.8, 4) is 16.9 Å². The van der Waals surface area contributed by atoms with Gasteiger partial charge in [0.25, 0.3) is 5.69 Å². The van der Waals surface area contributed by atoms with Crippen LogP contribution >= 0.6 is 0 Å². The van der Waals surface area contributed by atoms with E-state index in [4.69, 9.17) is 0 Å². The highest BCUT2D eigenvalue weighted by Crippen LogP contribution is 2.26. The van der Waals surface area contributed by atoms with Crippen molar-refractivity contribution in [3.63, 3.8) is 0 Å². The van der Waals surface area contributed by atoms with Gasteiger partial charge < -0.3 is 4.90 Å². The average Bonchev–Trinajstić information content (AvgIpc) is 3.19. The van der Waals surface area contributed by atoms with Crippen LogP contribution < -0.4 is 5.43 Å². The number of carbonyl (C=O) groups excluding carboxylic acids is 1. The van der Waals surface area contributed by atoms with Gasteiger partial charge in [0.2, 0.25) is 5.91 Å². The summed E-state index contributed by atoms with van der Waals surface area (Å²) in [5.41, 5.74) is 5.98. The van der Waals surface area contributed by atoms with Gasteiger partial charge in [0.15, 0.2) is 0 Å². The third-order valence-corrected chi connectivity index (χ3v) is 5.30. The molecule has 3 aromatic rings. The van der Waals surface area contributed by atoms with Crippen molar-refractivity contribution in [1.29, 1.82) is 0 Å². The Labute approximate surface area is 180 Å². The van der Waals surface area contributed by atoms with Gasteiger partial charge in [-0.1, -0.05) is 18.2 Å². The third-order valence-electron chi connectivity index (χ3n) is 5.30. The van der Waals surface area contributed by atoms with Gasteiger partial charge in [0.1, 0.15) is 0 Å². The van der Waals surface area contributed by atoms with Gasteiger partial charge in [0.05, 0.1) is 22.7 Å². The van der Waals surface area contributed by atoms with Crippen LogP contribution in [0.5, 0.6) is 0 Å². The van der Waals surface area contributed by atoms with E-state index in [1.165, 1.54) is 12.1 Å². The molecule has 0 saturated carbocycles. The number of amides is 1. The summed E-state index contributed by atoms with van der Waals surface area (Å²) in [6.07, 6.45) is 2.00. The van der Waals surface area contributed by atoms with Crippen molar-refractivity contribution in [2.45, 2.75) is 6.42 Å². The van der Waals surface area contributed by atoms with E-state index in [0.29, 0.717) is 5.69 Å². The molecule has 2 aromatic carbocycles. The van der Waals surface area contributed by atoms with E-state index >= 15 is 0 Å². The first-order chi connectivity index (χ1) is 15.0. The van der Waals surface area contributed by atoms with Crippen molar-refractivity contribution < 1.29 is 9.72 Å². The average molecular weight is 420 g/mol. The Morgan fingerprint density at radius 2 is 1.74 bits per heavy atom. The lowest BCUT2D eigenvalue weighted by molar-refractivity contribution is -0.384. The third kappa shape index (κ3) is 4.96. The fraction of sp³-hybridized carbons (Fsp3) is 0.273. The molecule has 0 atom stereocenters. The molecule has 9 nitrogen and oxygen atoms in total. The maximum atomic E-state index is 12.7. The first-order valence-electron chi connectivity index (χ1n) is 10.1. The Bertz CT molecular complexity index is 1060. The minimum atomic E-state index is -0.434. The molecule has 1 aromatic heterocycles. The fourth-order valence-electron chi connectivity index (χ4n) is 3.54. The van der Waals surface area contributed by atoms with Gasteiger partial charge in [-0.25, -0.2) is 9.69 Å². The van der Waals surface area contributed by atoms with Crippen molar-refractivity contribution in [2.75, 3.05) is 33.2 Å². The molecule has 0 bridgehead atoms. The van der Waals surface area contributed by atoms with Crippen LogP contribution in [-0.4, -0.2) is 63.7 Å². The van der Waals surface area contributed by atoms with E-state index < -0.39 is 4.92 Å². The molecular weight excluding hydrogens is 396 g/mol. The number of nitrogens with zero attached hydrogens (tertiary/aromatic N) is 5. The molecule has 0 radical (unpaired) electrons. The predicted molar refractivity (Wildman–Crippen MR) is 117 cm³/mol. The molecule has 1 aliphatic heterocycles. The first-order valence-corrected chi connectivity index (χ1v) is 10.1. The molecule has 0 aliphatic carbocycles. The number of nitro groups is 1. The number of nitro benzene ring substituents is 1. The Kier molecular flexibility index (Phi) is 6.06. The highest BCUT2D eigenvalue weighted by atomic mass is 16.6. The van der Waals surface area contributed by atoms with Crippen LogP contribution in [0, 0.1) is 10.1 Å². The summed E-state index contributed by atoms with van der Waals surface area (Å²) in [5, 5.41) is 17.6. The van der Waals surface area contributed by atoms with Crippen LogP contribution in [0.15, 0.2) is 60.8 Å². The molecule has 0 unspecified atom stereocenters. The number of hydrogen-bond donors (Lipinski definition) is 1. The fourth-order valence-corrected chi connectivity index (χ4v) is 3.54.